The van der Waals surface area contributed by atoms with E-state index in [-0.39, 0.29) is 70.4 Å². The second kappa shape index (κ2) is 60.0. The number of unbranched alkanes of at least 4 members (excludes halogenated alkanes) is 3. The highest BCUT2D eigenvalue weighted by molar-refractivity contribution is 6.76. The quantitative estimate of drug-likeness (QED) is 0.0123. The Morgan fingerprint density at radius 3 is 0.952 bits per heavy atom. The number of benzene rings is 2. The summed E-state index contributed by atoms with van der Waals surface area (Å²) >= 11 is 0. The number of hydrogen-bond acceptors (Lipinski definition) is 11. The molecule has 2 rings (SSSR count). The number of rotatable bonds is 35. The highest BCUT2D eigenvalue weighted by Gasteiger charge is 2.61. The minimum atomic E-state index is -5.67. The first kappa shape index (κ1) is 132. The number of esters is 5. The molecule has 0 spiro atoms. The standard InChI is InChI=1S/C12H25NO.2C12H26O2Si.C12H24O2.C10H9F5.C10H17F3O2.C10H14.C9H12F6O2.C8H20Si/c1-8-12(6,7)11(14)13(9(2)3)10(4)5;2*1-7-12(2,3)11(13)14-9-8-10-15(4,5)6;1-5-7-8-9-10-14-11(13)12(3,4)6-2;1-3-4(2)5-6(11)8(13)10(15)9(14)7(5)12;1-6-9(5,10(11,12)13)7(14)15-8(2,3)4;1-3-9(2)10-7-5-4-6-8-10;1-4-7(2,3)6(16)17-5(8(10,11)12)9(13,14)15;1-6-8(2)7-9(3,4)5/h9-10H,8H2,1-7H3;2*7-10H2,1-6H3;5-10H2,1-4H3;4H,3H2,1-2H3;6H2,1-5H3;4-9H,3H2,1-2H3;5H,4H2,1-3H3;8H,6-7H2,1-5H3. The van der Waals surface area contributed by atoms with Crippen LogP contribution in [0.3, 0.4) is 0 Å². The molecule has 0 aliphatic rings. The number of carbonyl (C=O) groups excluding carboxylic acids is 6. The average Bonchev–Trinajstić information content (AvgIpc) is 0.790. The summed E-state index contributed by atoms with van der Waals surface area (Å²) in [6, 6.07) is 15.2. The van der Waals surface area contributed by atoms with E-state index >= 15 is 0 Å². The van der Waals surface area contributed by atoms with Crippen LogP contribution in [0.25, 0.3) is 0 Å². The van der Waals surface area contributed by atoms with E-state index in [0.29, 0.717) is 32.2 Å². The Hall–Kier alpha value is -5.07. The lowest BCUT2D eigenvalue weighted by atomic mass is 9.86. The van der Waals surface area contributed by atoms with Gasteiger partial charge in [0.05, 0.1) is 41.5 Å². The van der Waals surface area contributed by atoms with Crippen LogP contribution in [0.1, 0.15) is 334 Å². The van der Waals surface area contributed by atoms with Gasteiger partial charge in [0, 0.05) is 47.3 Å². The maximum atomic E-state index is 13.1. The SMILES string of the molecule is CCC(C)(C(=O)OC(C)(C)C)C(F)(F)F.CCC(C)(C)C(=O)N(C(C)C)C(C)C.CCC(C)(C)C(=O)OC(C(F)(F)F)C(F)(F)F.CCC(C)(C)C(=O)OCCC[Si](C)(C)C.CCC(C)(C)C(=O)OCCC[Si](C)(C)C.CCC(C)C[Si](C)(C)C.CCC(C)c1c(F)c(F)c(F)c(F)c1F.CCC(C)c1ccccc1.CCCCCCOC(=O)C(C)(C)CC. The van der Waals surface area contributed by atoms with Gasteiger partial charge in [-0.15, -0.1) is 0 Å². The maximum Gasteiger partial charge on any atom is 0.434 e. The third-order valence-corrected chi connectivity index (χ3v) is 27.0. The number of nitrogens with zero attached hydrogens (tertiary/aromatic N) is 1. The van der Waals surface area contributed by atoms with Crippen molar-refractivity contribution in [2.75, 3.05) is 19.8 Å². The van der Waals surface area contributed by atoms with E-state index in [2.05, 4.69) is 163 Å². The summed E-state index contributed by atoms with van der Waals surface area (Å²) in [7, 11) is -2.69. The van der Waals surface area contributed by atoms with Crippen molar-refractivity contribution in [1.29, 1.82) is 0 Å². The minimum absolute atomic E-state index is 0.0550. The molecule has 0 heterocycles. The zero-order chi connectivity index (χ0) is 100.0. The van der Waals surface area contributed by atoms with Gasteiger partial charge in [-0.3, -0.25) is 28.8 Å². The van der Waals surface area contributed by atoms with Gasteiger partial charge < -0.3 is 28.6 Å². The Kier molecular flexibility index (Phi) is 63.9. The molecule has 734 valence electrons. The summed E-state index contributed by atoms with van der Waals surface area (Å²) < 4.78 is 199. The molecular formula is C95H173F14NO11Si3. The third kappa shape index (κ3) is 57.8. The van der Waals surface area contributed by atoms with Crippen molar-refractivity contribution in [2.45, 2.75) is 442 Å². The van der Waals surface area contributed by atoms with Crippen molar-refractivity contribution in [1.82, 2.24) is 4.90 Å². The first-order valence-electron chi connectivity index (χ1n) is 44.7. The Balaban J connectivity index is -0.000000249. The second-order valence-electron chi connectivity index (χ2n) is 40.7. The predicted octanol–water partition coefficient (Wildman–Crippen LogP) is 31.2. The van der Waals surface area contributed by atoms with E-state index in [1.165, 1.54) is 105 Å². The van der Waals surface area contributed by atoms with E-state index in [1.54, 1.807) is 6.92 Å². The van der Waals surface area contributed by atoms with Crippen molar-refractivity contribution in [2.24, 2.45) is 38.4 Å². The molecule has 0 radical (unpaired) electrons. The number of ether oxygens (including phenoxy) is 5. The smallest absolute Gasteiger partial charge is 0.434 e. The van der Waals surface area contributed by atoms with Crippen LogP contribution in [-0.4, -0.2) is 127 Å². The summed E-state index contributed by atoms with van der Waals surface area (Å²) in [5, 5.41) is 0. The molecule has 4 atom stereocenters. The first-order chi connectivity index (χ1) is 55.6. The molecular weight excluding hydrogens is 1680 g/mol. The van der Waals surface area contributed by atoms with E-state index in [1.807, 2.05) is 81.1 Å². The van der Waals surface area contributed by atoms with Crippen LogP contribution in [0, 0.1) is 67.5 Å². The fourth-order valence-electron chi connectivity index (χ4n) is 9.86. The molecule has 0 N–H and O–H groups in total. The highest BCUT2D eigenvalue weighted by Crippen LogP contribution is 2.43. The Bertz CT molecular complexity index is 3180. The Labute approximate surface area is 746 Å². The van der Waals surface area contributed by atoms with Crippen LogP contribution in [0.15, 0.2) is 30.3 Å². The van der Waals surface area contributed by atoms with Crippen LogP contribution in [0.4, 0.5) is 61.5 Å². The summed E-state index contributed by atoms with van der Waals surface area (Å²) in [5.74, 6) is -11.0. The van der Waals surface area contributed by atoms with E-state index < -0.39 is 118 Å². The van der Waals surface area contributed by atoms with Crippen LogP contribution in [0.2, 0.25) is 77.1 Å². The Morgan fingerprint density at radius 1 is 0.379 bits per heavy atom. The molecule has 0 saturated heterocycles. The van der Waals surface area contributed by atoms with E-state index in [9.17, 15) is 90.2 Å². The van der Waals surface area contributed by atoms with Crippen molar-refractivity contribution in [3.63, 3.8) is 0 Å². The number of hydrogen-bond donors (Lipinski definition) is 0. The predicted molar refractivity (Wildman–Crippen MR) is 490 cm³/mol. The van der Waals surface area contributed by atoms with Gasteiger partial charge in [-0.25, -0.2) is 22.0 Å². The summed E-state index contributed by atoms with van der Waals surface area (Å²) in [6.07, 6.45) is -7.36. The van der Waals surface area contributed by atoms with Gasteiger partial charge in [-0.2, -0.15) is 39.5 Å². The fraction of sp³-hybridized carbons (Fsp3) is 0.811. The van der Waals surface area contributed by atoms with Gasteiger partial charge in [0.15, 0.2) is 28.7 Å². The molecule has 1 amide bonds. The zero-order valence-electron chi connectivity index (χ0n) is 84.4. The molecule has 0 bridgehead atoms. The number of halogens is 14. The van der Waals surface area contributed by atoms with E-state index in [0.717, 1.165) is 64.2 Å². The summed E-state index contributed by atoms with van der Waals surface area (Å²) in [6.45, 7) is 80.2. The van der Waals surface area contributed by atoms with Gasteiger partial charge in [0.1, 0.15) is 5.60 Å². The van der Waals surface area contributed by atoms with Crippen LogP contribution < -0.4 is 0 Å². The van der Waals surface area contributed by atoms with Crippen LogP contribution >= 0.6 is 0 Å². The van der Waals surface area contributed by atoms with Crippen LogP contribution in [0.5, 0.6) is 0 Å². The monoisotopic (exact) mass is 1850 g/mol. The maximum absolute atomic E-state index is 13.1. The van der Waals surface area contributed by atoms with Crippen molar-refractivity contribution in [3.05, 3.63) is 70.5 Å². The van der Waals surface area contributed by atoms with Crippen molar-refractivity contribution < 1.29 is 114 Å². The summed E-state index contributed by atoms with van der Waals surface area (Å²) in [4.78, 5) is 71.5. The summed E-state index contributed by atoms with van der Waals surface area (Å²) in [5.41, 5.74) is -5.19. The van der Waals surface area contributed by atoms with Crippen LogP contribution in [-0.2, 0) is 52.5 Å². The topological polar surface area (TPSA) is 152 Å². The Morgan fingerprint density at radius 2 is 0.702 bits per heavy atom. The minimum Gasteiger partial charge on any atom is -0.465 e. The second-order valence-corrected chi connectivity index (χ2v) is 57.5. The van der Waals surface area contributed by atoms with Gasteiger partial charge in [-0.05, 0) is 205 Å². The number of amides is 1. The molecule has 4 unspecified atom stereocenters. The third-order valence-electron chi connectivity index (χ3n) is 21.4. The lowest BCUT2D eigenvalue weighted by Crippen LogP contribution is -2.48. The molecule has 0 aromatic heterocycles. The molecule has 2 aromatic rings. The molecule has 0 saturated carbocycles. The van der Waals surface area contributed by atoms with Gasteiger partial charge in [-0.1, -0.05) is 237 Å². The number of carbonyl (C=O) groups is 6. The molecule has 124 heavy (non-hydrogen) atoms. The fourth-order valence-corrected chi connectivity index (χ4v) is 14.7. The van der Waals surface area contributed by atoms with Gasteiger partial charge in [0.2, 0.25) is 11.7 Å². The van der Waals surface area contributed by atoms with Crippen molar-refractivity contribution in [3.8, 4) is 0 Å². The molecule has 12 nitrogen and oxygen atoms in total. The molecule has 2 aromatic carbocycles. The van der Waals surface area contributed by atoms with Gasteiger partial charge in [0.25, 0.3) is 6.10 Å². The highest BCUT2D eigenvalue weighted by atomic mass is 28.3. The normalized spacial score (nSPS) is 13.5. The lowest BCUT2D eigenvalue weighted by molar-refractivity contribution is -0.315. The molecule has 29 heteroatoms. The van der Waals surface area contributed by atoms with Gasteiger partial charge >= 0.3 is 48.4 Å². The molecule has 0 fully saturated rings. The first-order valence-corrected chi connectivity index (χ1v) is 55.8. The molecule has 0 aliphatic heterocycles. The number of alkyl halides is 9. The molecule has 0 aliphatic carbocycles. The van der Waals surface area contributed by atoms with Crippen molar-refractivity contribution >= 4 is 60.0 Å². The lowest BCUT2D eigenvalue weighted by Gasteiger charge is -2.37. The zero-order valence-corrected chi connectivity index (χ0v) is 87.4. The average molecular weight is 1860 g/mol. The van der Waals surface area contributed by atoms with E-state index in [4.69, 9.17) is 18.9 Å². The largest absolute Gasteiger partial charge is 0.465 e.